The van der Waals surface area contributed by atoms with Gasteiger partial charge in [-0.3, -0.25) is 0 Å². The van der Waals surface area contributed by atoms with E-state index in [0.29, 0.717) is 26.3 Å². The summed E-state index contributed by atoms with van der Waals surface area (Å²) in [7, 11) is 0. The Morgan fingerprint density at radius 2 is 1.05 bits per heavy atom. The number of likely N-dealkylation sites (N-methyl/N-ethyl adjacent to an activating group) is 2. The summed E-state index contributed by atoms with van der Waals surface area (Å²) in [5.41, 5.74) is 0. The van der Waals surface area contributed by atoms with Gasteiger partial charge in [-0.25, -0.2) is 9.59 Å². The molecule has 6 nitrogen and oxygen atoms in total. The lowest BCUT2D eigenvalue weighted by Crippen LogP contribution is -2.28. The van der Waals surface area contributed by atoms with E-state index in [1.54, 1.807) is 0 Å². The van der Waals surface area contributed by atoms with Crippen LogP contribution in [0, 0.1) is 0 Å². The highest BCUT2D eigenvalue weighted by Crippen LogP contribution is 1.91. The van der Waals surface area contributed by atoms with Gasteiger partial charge in [0.15, 0.2) is 0 Å². The number of carbonyl (C=O) groups excluding carboxylic acids is 2. The second kappa shape index (κ2) is 13.3. The van der Waals surface area contributed by atoms with Gasteiger partial charge in [-0.15, -0.1) is 0 Å². The van der Waals surface area contributed by atoms with E-state index in [1.807, 2.05) is 0 Å². The molecule has 0 bridgehead atoms. The highest BCUT2D eigenvalue weighted by atomic mass is 16.5. The molecule has 0 amide bonds. The molecule has 0 aliphatic rings. The normalized spacial score (nSPS) is 11.4. The molecule has 0 aromatic heterocycles. The van der Waals surface area contributed by atoms with Crippen LogP contribution in [0.3, 0.4) is 0 Å². The number of nitrogens with zero attached hydrogens (tertiary/aromatic N) is 2. The monoisotopic (exact) mass is 314 g/mol. The van der Waals surface area contributed by atoms with Crippen molar-refractivity contribution in [1.82, 2.24) is 9.80 Å². The van der Waals surface area contributed by atoms with E-state index in [4.69, 9.17) is 9.47 Å². The SMILES string of the molecule is CCN(CC)CCOC(=O)/C=C/C(=O)OCCN(CC)CC. The van der Waals surface area contributed by atoms with Crippen molar-refractivity contribution in [3.63, 3.8) is 0 Å². The van der Waals surface area contributed by atoms with E-state index >= 15 is 0 Å². The molecule has 0 N–H and O–H groups in total. The standard InChI is InChI=1S/C16H30N2O4/c1-5-17(6-2)11-13-21-15(19)9-10-16(20)22-14-12-18(7-3)8-4/h9-10H,5-8,11-14H2,1-4H3/b10-9+. The van der Waals surface area contributed by atoms with Crippen LogP contribution in [0.2, 0.25) is 0 Å². The summed E-state index contributed by atoms with van der Waals surface area (Å²) in [4.78, 5) is 27.2. The summed E-state index contributed by atoms with van der Waals surface area (Å²) in [6, 6.07) is 0. The molecule has 0 atom stereocenters. The molecule has 22 heavy (non-hydrogen) atoms. The van der Waals surface area contributed by atoms with Gasteiger partial charge in [0.25, 0.3) is 0 Å². The van der Waals surface area contributed by atoms with Gasteiger partial charge < -0.3 is 19.3 Å². The average molecular weight is 314 g/mol. The fraction of sp³-hybridized carbons (Fsp3) is 0.750. The highest BCUT2D eigenvalue weighted by Gasteiger charge is 2.04. The largest absolute Gasteiger partial charge is 0.461 e. The van der Waals surface area contributed by atoms with Gasteiger partial charge in [0.1, 0.15) is 13.2 Å². The Kier molecular flexibility index (Phi) is 12.4. The van der Waals surface area contributed by atoms with Crippen molar-refractivity contribution in [2.24, 2.45) is 0 Å². The maximum atomic E-state index is 11.4. The minimum Gasteiger partial charge on any atom is -0.461 e. The zero-order chi connectivity index (χ0) is 16.8. The van der Waals surface area contributed by atoms with Crippen LogP contribution in [-0.4, -0.2) is 74.2 Å². The molecule has 0 rings (SSSR count). The molecule has 0 saturated carbocycles. The van der Waals surface area contributed by atoms with Gasteiger partial charge in [-0.05, 0) is 26.2 Å². The molecule has 0 heterocycles. The average Bonchev–Trinajstić information content (AvgIpc) is 2.53. The van der Waals surface area contributed by atoms with Crippen molar-refractivity contribution in [3.05, 3.63) is 12.2 Å². The fourth-order valence-corrected chi connectivity index (χ4v) is 1.86. The number of carbonyl (C=O) groups is 2. The van der Waals surface area contributed by atoms with Crippen LogP contribution in [-0.2, 0) is 19.1 Å². The molecule has 0 radical (unpaired) electrons. The summed E-state index contributed by atoms with van der Waals surface area (Å²) < 4.78 is 10.0. The summed E-state index contributed by atoms with van der Waals surface area (Å²) >= 11 is 0. The zero-order valence-corrected chi connectivity index (χ0v) is 14.3. The summed E-state index contributed by atoms with van der Waals surface area (Å²) in [5.74, 6) is -1.04. The number of esters is 2. The Balaban J connectivity index is 3.84. The van der Waals surface area contributed by atoms with E-state index in [-0.39, 0.29) is 0 Å². The summed E-state index contributed by atoms with van der Waals surface area (Å²) in [5, 5.41) is 0. The molecular weight excluding hydrogens is 284 g/mol. The third-order valence-electron chi connectivity index (χ3n) is 3.45. The van der Waals surface area contributed by atoms with E-state index < -0.39 is 11.9 Å². The lowest BCUT2D eigenvalue weighted by molar-refractivity contribution is -0.140. The first-order valence-electron chi connectivity index (χ1n) is 8.03. The smallest absolute Gasteiger partial charge is 0.331 e. The predicted octanol–water partition coefficient (Wildman–Crippen LogP) is 1.31. The Morgan fingerprint density at radius 3 is 1.32 bits per heavy atom. The van der Waals surface area contributed by atoms with E-state index in [1.165, 1.54) is 0 Å². The minimum atomic E-state index is -0.521. The van der Waals surface area contributed by atoms with Crippen LogP contribution in [0.1, 0.15) is 27.7 Å². The molecule has 0 aliphatic heterocycles. The fourth-order valence-electron chi connectivity index (χ4n) is 1.86. The molecule has 0 aromatic rings. The van der Waals surface area contributed by atoms with E-state index in [9.17, 15) is 9.59 Å². The van der Waals surface area contributed by atoms with Crippen LogP contribution in [0.4, 0.5) is 0 Å². The van der Waals surface area contributed by atoms with Gasteiger partial charge in [-0.1, -0.05) is 27.7 Å². The predicted molar refractivity (Wildman–Crippen MR) is 86.6 cm³/mol. The van der Waals surface area contributed by atoms with Gasteiger partial charge in [0, 0.05) is 25.2 Å². The van der Waals surface area contributed by atoms with Crippen molar-refractivity contribution in [2.45, 2.75) is 27.7 Å². The van der Waals surface area contributed by atoms with Crippen LogP contribution in [0.15, 0.2) is 12.2 Å². The van der Waals surface area contributed by atoms with Crippen molar-refractivity contribution in [2.75, 3.05) is 52.5 Å². The Morgan fingerprint density at radius 1 is 0.727 bits per heavy atom. The van der Waals surface area contributed by atoms with Crippen molar-refractivity contribution >= 4 is 11.9 Å². The van der Waals surface area contributed by atoms with E-state index in [0.717, 1.165) is 38.3 Å². The lowest BCUT2D eigenvalue weighted by atomic mass is 10.4. The van der Waals surface area contributed by atoms with Crippen molar-refractivity contribution in [1.29, 1.82) is 0 Å². The molecule has 0 saturated heterocycles. The second-order valence-electron chi connectivity index (χ2n) is 4.72. The van der Waals surface area contributed by atoms with Crippen LogP contribution in [0.25, 0.3) is 0 Å². The van der Waals surface area contributed by atoms with Crippen LogP contribution >= 0.6 is 0 Å². The topological polar surface area (TPSA) is 59.1 Å². The summed E-state index contributed by atoms with van der Waals surface area (Å²) in [6.07, 6.45) is 2.23. The number of rotatable bonds is 12. The first-order valence-corrected chi connectivity index (χ1v) is 8.03. The van der Waals surface area contributed by atoms with Gasteiger partial charge >= 0.3 is 11.9 Å². The first-order chi connectivity index (χ1) is 10.6. The highest BCUT2D eigenvalue weighted by molar-refractivity contribution is 5.91. The molecule has 6 heteroatoms. The maximum absolute atomic E-state index is 11.4. The molecule has 0 aromatic carbocycles. The molecule has 0 unspecified atom stereocenters. The molecule has 0 spiro atoms. The third kappa shape index (κ3) is 10.3. The Bertz CT molecular complexity index is 305. The molecule has 0 fully saturated rings. The number of ether oxygens (including phenoxy) is 2. The lowest BCUT2D eigenvalue weighted by Gasteiger charge is -2.17. The van der Waals surface area contributed by atoms with Gasteiger partial charge in [0.05, 0.1) is 0 Å². The second-order valence-corrected chi connectivity index (χ2v) is 4.72. The molecule has 128 valence electrons. The van der Waals surface area contributed by atoms with Crippen molar-refractivity contribution in [3.8, 4) is 0 Å². The number of hydrogen-bond donors (Lipinski definition) is 0. The first kappa shape index (κ1) is 20.6. The van der Waals surface area contributed by atoms with Crippen LogP contribution in [0.5, 0.6) is 0 Å². The van der Waals surface area contributed by atoms with Crippen molar-refractivity contribution < 1.29 is 19.1 Å². The Labute approximate surface area is 134 Å². The van der Waals surface area contributed by atoms with Gasteiger partial charge in [0.2, 0.25) is 0 Å². The Hall–Kier alpha value is -1.40. The third-order valence-corrected chi connectivity index (χ3v) is 3.45. The number of hydrogen-bond acceptors (Lipinski definition) is 6. The zero-order valence-electron chi connectivity index (χ0n) is 14.3. The van der Waals surface area contributed by atoms with Gasteiger partial charge in [-0.2, -0.15) is 0 Å². The summed E-state index contributed by atoms with van der Waals surface area (Å²) in [6.45, 7) is 13.9. The molecular formula is C16H30N2O4. The van der Waals surface area contributed by atoms with E-state index in [2.05, 4.69) is 37.5 Å². The quantitative estimate of drug-likeness (QED) is 0.400. The van der Waals surface area contributed by atoms with Crippen LogP contribution < -0.4 is 0 Å². The maximum Gasteiger partial charge on any atom is 0.331 e. The minimum absolute atomic E-state index is 0.321. The molecule has 0 aliphatic carbocycles.